The van der Waals surface area contributed by atoms with E-state index in [2.05, 4.69) is 10.9 Å². The molecule has 1 aromatic rings. The quantitative estimate of drug-likeness (QED) is 0.568. The van der Waals surface area contributed by atoms with Gasteiger partial charge in [-0.25, -0.2) is 0 Å². The highest BCUT2D eigenvalue weighted by atomic mass is 16.3. The maximum Gasteiger partial charge on any atom is 0.273 e. The Hall–Kier alpha value is -2.30. The van der Waals surface area contributed by atoms with Crippen LogP contribution in [0.5, 0.6) is 5.75 Å². The van der Waals surface area contributed by atoms with Crippen molar-refractivity contribution in [1.29, 1.82) is 0 Å². The molecule has 0 saturated heterocycles. The second kappa shape index (κ2) is 6.23. The van der Waals surface area contributed by atoms with Crippen molar-refractivity contribution in [2.24, 2.45) is 5.92 Å². The fraction of sp³-hybridized carbons (Fsp3) is 0.333. The number of carbonyl (C=O) groups excluding carboxylic acids is 2. The van der Waals surface area contributed by atoms with Gasteiger partial charge in [-0.1, -0.05) is 24.3 Å². The number of aromatic hydroxyl groups is 1. The average molecular weight is 274 g/mol. The number of phenolic OH excluding ortho intramolecular Hbond substituents is 1. The van der Waals surface area contributed by atoms with Gasteiger partial charge in [-0.15, -0.1) is 0 Å². The van der Waals surface area contributed by atoms with Crippen molar-refractivity contribution in [2.45, 2.75) is 26.2 Å². The predicted octanol–water partition coefficient (Wildman–Crippen LogP) is 1.82. The molecule has 1 aromatic carbocycles. The monoisotopic (exact) mass is 274 g/mol. The zero-order valence-corrected chi connectivity index (χ0v) is 11.3. The van der Waals surface area contributed by atoms with Crippen molar-refractivity contribution in [3.63, 3.8) is 0 Å². The summed E-state index contributed by atoms with van der Waals surface area (Å²) in [6.07, 6.45) is 6.58. The molecule has 0 aromatic heterocycles. The predicted molar refractivity (Wildman–Crippen MR) is 74.9 cm³/mol. The van der Waals surface area contributed by atoms with Crippen LogP contribution >= 0.6 is 0 Å². The van der Waals surface area contributed by atoms with Crippen LogP contribution < -0.4 is 10.9 Å². The fourth-order valence-corrected chi connectivity index (χ4v) is 2.15. The maximum atomic E-state index is 11.9. The Bertz CT molecular complexity index is 552. The third-order valence-electron chi connectivity index (χ3n) is 3.37. The van der Waals surface area contributed by atoms with Gasteiger partial charge in [0.1, 0.15) is 5.75 Å². The minimum Gasteiger partial charge on any atom is -0.507 e. The van der Waals surface area contributed by atoms with Crippen molar-refractivity contribution in [3.05, 3.63) is 41.5 Å². The largest absolute Gasteiger partial charge is 0.507 e. The molecule has 2 amide bonds. The lowest BCUT2D eigenvalue weighted by molar-refractivity contribution is -0.124. The number of benzene rings is 1. The molecule has 0 spiro atoms. The second-order valence-corrected chi connectivity index (χ2v) is 4.88. The van der Waals surface area contributed by atoms with Crippen LogP contribution in [0.15, 0.2) is 30.4 Å². The molecule has 106 valence electrons. The number of para-hydroxylation sites is 1. The van der Waals surface area contributed by atoms with E-state index in [1.54, 1.807) is 19.1 Å². The molecule has 1 atom stereocenters. The van der Waals surface area contributed by atoms with Gasteiger partial charge in [0.15, 0.2) is 0 Å². The number of carbonyl (C=O) groups is 2. The lowest BCUT2D eigenvalue weighted by Crippen LogP contribution is -2.44. The van der Waals surface area contributed by atoms with Gasteiger partial charge in [0.05, 0.1) is 11.5 Å². The normalized spacial score (nSPS) is 17.6. The van der Waals surface area contributed by atoms with Gasteiger partial charge in [-0.05, 0) is 37.8 Å². The van der Waals surface area contributed by atoms with Crippen LogP contribution in [-0.2, 0) is 4.79 Å². The first-order valence-electron chi connectivity index (χ1n) is 6.65. The number of hydrogen-bond donors (Lipinski definition) is 3. The molecule has 0 aliphatic heterocycles. The molecule has 0 bridgehead atoms. The van der Waals surface area contributed by atoms with Crippen LogP contribution in [0, 0.1) is 12.8 Å². The minimum absolute atomic E-state index is 0.0724. The van der Waals surface area contributed by atoms with E-state index in [-0.39, 0.29) is 23.1 Å². The number of nitrogens with one attached hydrogen (secondary N) is 2. The number of amides is 2. The fourth-order valence-electron chi connectivity index (χ4n) is 2.15. The smallest absolute Gasteiger partial charge is 0.273 e. The molecule has 20 heavy (non-hydrogen) atoms. The van der Waals surface area contributed by atoms with Gasteiger partial charge >= 0.3 is 0 Å². The van der Waals surface area contributed by atoms with Gasteiger partial charge in [0.25, 0.3) is 5.91 Å². The zero-order chi connectivity index (χ0) is 14.5. The Kier molecular flexibility index (Phi) is 4.40. The molecule has 5 nitrogen and oxygen atoms in total. The summed E-state index contributed by atoms with van der Waals surface area (Å²) in [5, 5.41) is 9.80. The number of hydrazine groups is 1. The molecule has 2 rings (SSSR count). The van der Waals surface area contributed by atoms with Crippen LogP contribution in [0.25, 0.3) is 0 Å². The summed E-state index contributed by atoms with van der Waals surface area (Å²) in [4.78, 5) is 23.7. The standard InChI is InChI=1S/C15H18N2O3/c1-10-6-5-9-12(13(10)18)15(20)17-16-14(19)11-7-3-2-4-8-11/h3,5-7,9,11,18H,2,4,8H2,1H3,(H,16,19)(H,17,20)/t11-/m1/s1. The maximum absolute atomic E-state index is 11.9. The first kappa shape index (κ1) is 14.1. The van der Waals surface area contributed by atoms with Crippen LogP contribution in [0.3, 0.4) is 0 Å². The summed E-state index contributed by atoms with van der Waals surface area (Å²) in [7, 11) is 0. The van der Waals surface area contributed by atoms with Gasteiger partial charge < -0.3 is 5.11 Å². The summed E-state index contributed by atoms with van der Waals surface area (Å²) in [6, 6.07) is 4.89. The highest BCUT2D eigenvalue weighted by Crippen LogP contribution is 2.21. The van der Waals surface area contributed by atoms with Gasteiger partial charge in [-0.2, -0.15) is 0 Å². The van der Waals surface area contributed by atoms with Crippen molar-refractivity contribution >= 4 is 11.8 Å². The number of allylic oxidation sites excluding steroid dienone is 1. The molecule has 0 fully saturated rings. The first-order valence-corrected chi connectivity index (χ1v) is 6.65. The highest BCUT2D eigenvalue weighted by molar-refractivity contribution is 5.98. The lowest BCUT2D eigenvalue weighted by Gasteiger charge is -2.16. The van der Waals surface area contributed by atoms with E-state index in [0.29, 0.717) is 5.56 Å². The molecule has 1 aliphatic rings. The zero-order valence-electron chi connectivity index (χ0n) is 11.3. The third kappa shape index (κ3) is 3.17. The molecule has 0 heterocycles. The number of aryl methyl sites for hydroxylation is 1. The first-order chi connectivity index (χ1) is 9.59. The Morgan fingerprint density at radius 3 is 2.80 bits per heavy atom. The molecule has 1 aliphatic carbocycles. The summed E-state index contributed by atoms with van der Waals surface area (Å²) in [5.74, 6) is -1.03. The Labute approximate surface area is 117 Å². The second-order valence-electron chi connectivity index (χ2n) is 4.88. The van der Waals surface area contributed by atoms with Crippen LogP contribution in [0.2, 0.25) is 0 Å². The molecule has 0 radical (unpaired) electrons. The number of rotatable bonds is 2. The van der Waals surface area contributed by atoms with Crippen molar-refractivity contribution in [3.8, 4) is 5.75 Å². The Morgan fingerprint density at radius 1 is 1.30 bits per heavy atom. The van der Waals surface area contributed by atoms with Gasteiger partial charge in [0.2, 0.25) is 5.91 Å². The van der Waals surface area contributed by atoms with Crippen molar-refractivity contribution in [2.75, 3.05) is 0 Å². The van der Waals surface area contributed by atoms with Crippen molar-refractivity contribution < 1.29 is 14.7 Å². The van der Waals surface area contributed by atoms with Crippen molar-refractivity contribution in [1.82, 2.24) is 10.9 Å². The van der Waals surface area contributed by atoms with E-state index in [1.165, 1.54) is 6.07 Å². The van der Waals surface area contributed by atoms with E-state index in [1.807, 2.05) is 12.2 Å². The number of hydrogen-bond acceptors (Lipinski definition) is 3. The third-order valence-corrected chi connectivity index (χ3v) is 3.37. The molecular formula is C15H18N2O3. The molecule has 5 heteroatoms. The van der Waals surface area contributed by atoms with E-state index in [9.17, 15) is 14.7 Å². The van der Waals surface area contributed by atoms with Gasteiger partial charge in [0, 0.05) is 0 Å². The minimum atomic E-state index is -0.528. The SMILES string of the molecule is Cc1cccc(C(=O)NNC(=O)[C@@H]2C=CCCC2)c1O. The van der Waals surface area contributed by atoms with E-state index >= 15 is 0 Å². The summed E-state index contributed by atoms with van der Waals surface area (Å²) in [5.41, 5.74) is 5.48. The summed E-state index contributed by atoms with van der Waals surface area (Å²) in [6.45, 7) is 1.71. The lowest BCUT2D eigenvalue weighted by atomic mass is 9.95. The van der Waals surface area contributed by atoms with Crippen LogP contribution in [-0.4, -0.2) is 16.9 Å². The Morgan fingerprint density at radius 2 is 2.10 bits per heavy atom. The van der Waals surface area contributed by atoms with Gasteiger partial charge in [-0.3, -0.25) is 20.4 Å². The molecule has 3 N–H and O–H groups in total. The molecule has 0 saturated carbocycles. The molecular weight excluding hydrogens is 256 g/mol. The topological polar surface area (TPSA) is 78.4 Å². The summed E-state index contributed by atoms with van der Waals surface area (Å²) < 4.78 is 0. The molecule has 0 unspecified atom stereocenters. The van der Waals surface area contributed by atoms with Crippen LogP contribution in [0.1, 0.15) is 35.2 Å². The number of phenols is 1. The highest BCUT2D eigenvalue weighted by Gasteiger charge is 2.18. The van der Waals surface area contributed by atoms with E-state index in [0.717, 1.165) is 19.3 Å². The Balaban J connectivity index is 1.95. The van der Waals surface area contributed by atoms with Crippen LogP contribution in [0.4, 0.5) is 0 Å². The van der Waals surface area contributed by atoms with E-state index in [4.69, 9.17) is 0 Å². The van der Waals surface area contributed by atoms with E-state index < -0.39 is 5.91 Å². The average Bonchev–Trinajstić information content (AvgIpc) is 2.48. The summed E-state index contributed by atoms with van der Waals surface area (Å²) >= 11 is 0.